The molecule has 0 aliphatic carbocycles. The number of nitrogens with zero attached hydrogens (tertiary/aromatic N) is 2. The molecule has 2 aromatic rings. The second-order valence-electron chi connectivity index (χ2n) is 7.52. The van der Waals surface area contributed by atoms with Crippen molar-refractivity contribution in [2.75, 3.05) is 33.3 Å². The molecular formula is C25H28N2O6. The highest BCUT2D eigenvalue weighted by Crippen LogP contribution is 2.38. The second-order valence-corrected chi connectivity index (χ2v) is 7.52. The van der Waals surface area contributed by atoms with E-state index >= 15 is 0 Å². The van der Waals surface area contributed by atoms with Crippen LogP contribution < -0.4 is 0 Å². The summed E-state index contributed by atoms with van der Waals surface area (Å²) in [6.45, 7) is 6.60. The minimum Gasteiger partial charge on any atom is -0.503 e. The molecule has 0 spiro atoms. The first kappa shape index (κ1) is 24.0. The lowest BCUT2D eigenvalue weighted by Gasteiger charge is -2.29. The largest absolute Gasteiger partial charge is 0.503 e. The summed E-state index contributed by atoms with van der Waals surface area (Å²) >= 11 is 0. The van der Waals surface area contributed by atoms with E-state index in [0.717, 1.165) is 13.1 Å². The number of methoxy groups -OCH3 is 1. The Morgan fingerprint density at radius 2 is 1.88 bits per heavy atom. The molecule has 0 radical (unpaired) electrons. The zero-order valence-corrected chi connectivity index (χ0v) is 19.0. The predicted molar refractivity (Wildman–Crippen MR) is 122 cm³/mol. The first-order valence-electron chi connectivity index (χ1n) is 10.8. The lowest BCUT2D eigenvalue weighted by atomic mass is 9.95. The summed E-state index contributed by atoms with van der Waals surface area (Å²) in [5.41, 5.74) is 0.946. The van der Waals surface area contributed by atoms with Crippen LogP contribution in [0, 0.1) is 0 Å². The van der Waals surface area contributed by atoms with Crippen LogP contribution in [-0.2, 0) is 14.3 Å². The van der Waals surface area contributed by atoms with Gasteiger partial charge in [-0.25, -0.2) is 4.79 Å². The number of hydrogen-bond acceptors (Lipinski definition) is 7. The number of likely N-dealkylation sites (N-methyl/N-ethyl adjacent to an activating group) is 1. The number of carbonyl (C=O) groups is 3. The number of aliphatic hydroxyl groups excluding tert-OH is 1. The summed E-state index contributed by atoms with van der Waals surface area (Å²) in [5.74, 6) is -1.67. The number of amides is 1. The van der Waals surface area contributed by atoms with E-state index in [0.29, 0.717) is 30.0 Å². The monoisotopic (exact) mass is 452 g/mol. The fourth-order valence-electron chi connectivity index (χ4n) is 3.82. The molecule has 1 aromatic carbocycles. The molecule has 8 heteroatoms. The van der Waals surface area contributed by atoms with E-state index in [1.54, 1.807) is 36.4 Å². The highest BCUT2D eigenvalue weighted by molar-refractivity contribution is 6.14. The van der Waals surface area contributed by atoms with Crippen molar-refractivity contribution in [2.24, 2.45) is 0 Å². The van der Waals surface area contributed by atoms with Crippen molar-refractivity contribution in [2.45, 2.75) is 19.9 Å². The van der Waals surface area contributed by atoms with Crippen LogP contribution in [0.5, 0.6) is 0 Å². The number of ketones is 1. The van der Waals surface area contributed by atoms with Gasteiger partial charge in [-0.3, -0.25) is 9.59 Å². The Labute approximate surface area is 192 Å². The van der Waals surface area contributed by atoms with Gasteiger partial charge in [-0.2, -0.15) is 0 Å². The van der Waals surface area contributed by atoms with Crippen molar-refractivity contribution in [1.29, 1.82) is 0 Å². The molecule has 8 nitrogen and oxygen atoms in total. The van der Waals surface area contributed by atoms with E-state index in [4.69, 9.17) is 9.15 Å². The third-order valence-corrected chi connectivity index (χ3v) is 5.71. The van der Waals surface area contributed by atoms with Gasteiger partial charge in [0.15, 0.2) is 11.5 Å². The van der Waals surface area contributed by atoms with Crippen LogP contribution in [0.15, 0.2) is 64.5 Å². The van der Waals surface area contributed by atoms with Crippen LogP contribution in [0.3, 0.4) is 0 Å². The molecule has 0 saturated carbocycles. The smallest absolute Gasteiger partial charge is 0.337 e. The maximum absolute atomic E-state index is 13.1. The van der Waals surface area contributed by atoms with Gasteiger partial charge in [0.05, 0.1) is 30.6 Å². The Bertz CT molecular complexity index is 1050. The van der Waals surface area contributed by atoms with Crippen molar-refractivity contribution in [3.8, 4) is 0 Å². The highest BCUT2D eigenvalue weighted by Gasteiger charge is 2.42. The lowest BCUT2D eigenvalue weighted by molar-refractivity contribution is -0.129. The molecule has 0 fully saturated rings. The number of aliphatic hydroxyl groups is 1. The summed E-state index contributed by atoms with van der Waals surface area (Å²) < 4.78 is 9.96. The zero-order valence-electron chi connectivity index (χ0n) is 19.0. The number of allylic oxidation sites excluding steroid dienone is 1. The Balaban J connectivity index is 1.96. The Morgan fingerprint density at radius 3 is 2.45 bits per heavy atom. The summed E-state index contributed by atoms with van der Waals surface area (Å²) in [6.07, 6.45) is 4.25. The lowest BCUT2D eigenvalue weighted by Crippen LogP contribution is -2.38. The first-order chi connectivity index (χ1) is 15.9. The van der Waals surface area contributed by atoms with Gasteiger partial charge in [-0.15, -0.1) is 0 Å². The molecule has 3 rings (SSSR count). The predicted octanol–water partition coefficient (Wildman–Crippen LogP) is 3.39. The average Bonchev–Trinajstić information content (AvgIpc) is 3.45. The van der Waals surface area contributed by atoms with Gasteiger partial charge in [0.1, 0.15) is 5.76 Å². The number of furan rings is 1. The number of rotatable bonds is 10. The molecule has 1 aromatic heterocycles. The number of carbonyl (C=O) groups excluding carboxylic acids is 3. The Hall–Kier alpha value is -3.65. The van der Waals surface area contributed by atoms with Gasteiger partial charge in [-0.1, -0.05) is 26.0 Å². The molecule has 1 N–H and O–H groups in total. The van der Waals surface area contributed by atoms with Crippen molar-refractivity contribution >= 4 is 23.7 Å². The minimum absolute atomic E-state index is 0.00632. The van der Waals surface area contributed by atoms with Crippen molar-refractivity contribution in [3.05, 3.63) is 77.0 Å². The topological polar surface area (TPSA) is 100 Å². The quantitative estimate of drug-likeness (QED) is 0.436. The van der Waals surface area contributed by atoms with E-state index in [1.165, 1.54) is 30.4 Å². The van der Waals surface area contributed by atoms with Crippen LogP contribution >= 0.6 is 0 Å². The van der Waals surface area contributed by atoms with Gasteiger partial charge in [0, 0.05) is 13.1 Å². The third kappa shape index (κ3) is 5.23. The Morgan fingerprint density at radius 1 is 1.18 bits per heavy atom. The molecule has 1 amide bonds. The first-order valence-corrected chi connectivity index (χ1v) is 10.8. The van der Waals surface area contributed by atoms with Crippen LogP contribution in [0.2, 0.25) is 0 Å². The Kier molecular flexibility index (Phi) is 7.84. The number of ether oxygens (including phenoxy) is 1. The molecule has 33 heavy (non-hydrogen) atoms. The van der Waals surface area contributed by atoms with Crippen molar-refractivity contribution in [3.63, 3.8) is 0 Å². The van der Waals surface area contributed by atoms with E-state index < -0.39 is 29.5 Å². The number of hydrogen-bond donors (Lipinski definition) is 1. The molecule has 0 saturated heterocycles. The van der Waals surface area contributed by atoms with E-state index in [2.05, 4.69) is 4.90 Å². The van der Waals surface area contributed by atoms with Gasteiger partial charge in [-0.05, 0) is 55.1 Å². The summed E-state index contributed by atoms with van der Waals surface area (Å²) in [6, 6.07) is 9.08. The molecule has 1 aliphatic rings. The third-order valence-electron chi connectivity index (χ3n) is 5.71. The van der Waals surface area contributed by atoms with E-state index in [9.17, 15) is 19.5 Å². The molecular weight excluding hydrogens is 424 g/mol. The zero-order chi connectivity index (χ0) is 24.0. The van der Waals surface area contributed by atoms with E-state index in [1.807, 2.05) is 13.8 Å². The average molecular weight is 453 g/mol. The van der Waals surface area contributed by atoms with Gasteiger partial charge < -0.3 is 24.1 Å². The van der Waals surface area contributed by atoms with Crippen LogP contribution in [-0.4, -0.2) is 65.9 Å². The minimum atomic E-state index is -0.784. The molecule has 1 atom stereocenters. The SMILES string of the molecule is CCN(CC)CCN1C(=O)C(O)=C(C(=O)C=Cc2ccco2)C1c1ccc(C(=O)OC)cc1. The molecule has 1 aliphatic heterocycles. The van der Waals surface area contributed by atoms with Crippen molar-refractivity contribution in [1.82, 2.24) is 9.80 Å². The number of esters is 1. The van der Waals surface area contributed by atoms with E-state index in [-0.39, 0.29) is 5.57 Å². The van der Waals surface area contributed by atoms with Gasteiger partial charge in [0.2, 0.25) is 0 Å². The standard InChI is InChI=1S/C25H28N2O6/c1-4-26(5-2)14-15-27-22(17-8-10-18(11-9-17)25(31)32-3)21(23(29)24(27)30)20(28)13-12-19-7-6-16-33-19/h6-13,16,22,29H,4-5,14-15H2,1-3H3. The van der Waals surface area contributed by atoms with Gasteiger partial charge in [0.25, 0.3) is 5.91 Å². The molecule has 0 bridgehead atoms. The summed E-state index contributed by atoms with van der Waals surface area (Å²) in [5, 5.41) is 10.7. The molecule has 2 heterocycles. The summed E-state index contributed by atoms with van der Waals surface area (Å²) in [4.78, 5) is 41.5. The fourth-order valence-corrected chi connectivity index (χ4v) is 3.82. The maximum atomic E-state index is 13.1. The van der Waals surface area contributed by atoms with Crippen LogP contribution in [0.25, 0.3) is 6.08 Å². The second kappa shape index (κ2) is 10.8. The van der Waals surface area contributed by atoms with Crippen molar-refractivity contribution < 1.29 is 28.6 Å². The molecule has 1 unspecified atom stereocenters. The molecule has 174 valence electrons. The fraction of sp³-hybridized carbons (Fsp3) is 0.320. The maximum Gasteiger partial charge on any atom is 0.337 e. The van der Waals surface area contributed by atoms with Crippen LogP contribution in [0.4, 0.5) is 0 Å². The van der Waals surface area contributed by atoms with Gasteiger partial charge >= 0.3 is 5.97 Å². The normalized spacial score (nSPS) is 16.3. The number of benzene rings is 1. The van der Waals surface area contributed by atoms with Crippen LogP contribution in [0.1, 0.15) is 41.6 Å². The summed E-state index contributed by atoms with van der Waals surface area (Å²) in [7, 11) is 1.30. The highest BCUT2D eigenvalue weighted by atomic mass is 16.5.